The number of ether oxygens (including phenoxy) is 1. The van der Waals surface area contributed by atoms with Crippen molar-refractivity contribution in [1.82, 2.24) is 9.62 Å². The van der Waals surface area contributed by atoms with Crippen LogP contribution in [0.25, 0.3) is 0 Å². The zero-order valence-electron chi connectivity index (χ0n) is 16.5. The van der Waals surface area contributed by atoms with Crippen LogP contribution in [0.3, 0.4) is 0 Å². The Labute approximate surface area is 176 Å². The summed E-state index contributed by atoms with van der Waals surface area (Å²) in [5.41, 5.74) is 1.95. The Kier molecular flexibility index (Phi) is 6.12. The summed E-state index contributed by atoms with van der Waals surface area (Å²) < 4.78 is 32.0. The van der Waals surface area contributed by atoms with E-state index in [0.29, 0.717) is 37.6 Å². The molecule has 0 atom stereocenters. The number of hydrogen-bond donors (Lipinski definition) is 2. The first-order chi connectivity index (χ1) is 14.5. The number of nitrogens with one attached hydrogen (secondary N) is 2. The number of aliphatic imine (C=N–C) groups is 1. The molecule has 2 heterocycles. The van der Waals surface area contributed by atoms with E-state index in [2.05, 4.69) is 15.6 Å². The maximum Gasteiger partial charge on any atom is 0.255 e. The highest BCUT2D eigenvalue weighted by molar-refractivity contribution is 7.89. The van der Waals surface area contributed by atoms with Gasteiger partial charge in [0.05, 0.1) is 18.1 Å². The number of carbonyl (C=O) groups is 1. The zero-order valence-corrected chi connectivity index (χ0v) is 17.3. The zero-order chi connectivity index (χ0) is 21.0. The second-order valence-electron chi connectivity index (χ2n) is 7.09. The molecule has 0 aliphatic carbocycles. The first kappa shape index (κ1) is 20.5. The molecule has 30 heavy (non-hydrogen) atoms. The van der Waals surface area contributed by atoms with Crippen LogP contribution in [0.2, 0.25) is 0 Å². The van der Waals surface area contributed by atoms with Gasteiger partial charge in [0.25, 0.3) is 5.91 Å². The molecule has 1 saturated heterocycles. The lowest BCUT2D eigenvalue weighted by atomic mass is 10.1. The number of sulfonamides is 1. The molecule has 8 nitrogen and oxygen atoms in total. The maximum absolute atomic E-state index is 12.7. The minimum Gasteiger partial charge on any atom is -0.379 e. The van der Waals surface area contributed by atoms with Crippen molar-refractivity contribution >= 4 is 27.5 Å². The van der Waals surface area contributed by atoms with Crippen LogP contribution >= 0.6 is 0 Å². The molecule has 9 heteroatoms. The molecule has 0 bridgehead atoms. The van der Waals surface area contributed by atoms with Gasteiger partial charge < -0.3 is 15.4 Å². The summed E-state index contributed by atoms with van der Waals surface area (Å²) in [5, 5.41) is 6.12. The quantitative estimate of drug-likeness (QED) is 0.755. The Hall–Kier alpha value is -2.75. The lowest BCUT2D eigenvalue weighted by Crippen LogP contribution is -2.40. The third-order valence-corrected chi connectivity index (χ3v) is 6.93. The first-order valence-corrected chi connectivity index (χ1v) is 11.4. The SMILES string of the molecule is O=C(Nc1cccc(C2=NCCCN2)c1)c1ccc(S(=O)(=O)N2CCOCC2)cc1. The highest BCUT2D eigenvalue weighted by atomic mass is 32.2. The lowest BCUT2D eigenvalue weighted by Gasteiger charge is -2.26. The molecule has 0 spiro atoms. The van der Waals surface area contributed by atoms with Gasteiger partial charge in [-0.15, -0.1) is 0 Å². The number of carbonyl (C=O) groups excluding carboxylic acids is 1. The molecule has 2 aliphatic heterocycles. The van der Waals surface area contributed by atoms with Crippen molar-refractivity contribution in [2.75, 3.05) is 44.7 Å². The average molecular weight is 429 g/mol. The largest absolute Gasteiger partial charge is 0.379 e. The van der Waals surface area contributed by atoms with Crippen LogP contribution in [0.1, 0.15) is 22.3 Å². The van der Waals surface area contributed by atoms with E-state index in [0.717, 1.165) is 30.9 Å². The van der Waals surface area contributed by atoms with E-state index < -0.39 is 10.0 Å². The number of benzene rings is 2. The van der Waals surface area contributed by atoms with Crippen molar-refractivity contribution in [3.05, 3.63) is 59.7 Å². The minimum atomic E-state index is -3.58. The predicted octanol–water partition coefficient (Wildman–Crippen LogP) is 1.70. The summed E-state index contributed by atoms with van der Waals surface area (Å²) in [6, 6.07) is 13.5. The molecule has 2 aromatic rings. The number of amidine groups is 1. The van der Waals surface area contributed by atoms with Gasteiger partial charge in [0.15, 0.2) is 0 Å². The molecule has 0 radical (unpaired) electrons. The van der Waals surface area contributed by atoms with Crippen molar-refractivity contribution in [1.29, 1.82) is 0 Å². The van der Waals surface area contributed by atoms with E-state index in [1.807, 2.05) is 24.3 Å². The van der Waals surface area contributed by atoms with Crippen molar-refractivity contribution in [2.24, 2.45) is 4.99 Å². The summed E-state index contributed by atoms with van der Waals surface area (Å²) in [4.78, 5) is 17.3. The Morgan fingerprint density at radius 3 is 2.57 bits per heavy atom. The average Bonchev–Trinajstić information content (AvgIpc) is 2.80. The fourth-order valence-corrected chi connectivity index (χ4v) is 4.80. The van der Waals surface area contributed by atoms with Crippen LogP contribution in [-0.2, 0) is 14.8 Å². The van der Waals surface area contributed by atoms with Gasteiger partial charge in [0, 0.05) is 43.0 Å². The second kappa shape index (κ2) is 8.95. The van der Waals surface area contributed by atoms with Crippen molar-refractivity contribution in [2.45, 2.75) is 11.3 Å². The highest BCUT2D eigenvalue weighted by Crippen LogP contribution is 2.19. The van der Waals surface area contributed by atoms with E-state index in [9.17, 15) is 13.2 Å². The van der Waals surface area contributed by atoms with E-state index in [1.165, 1.54) is 28.6 Å². The lowest BCUT2D eigenvalue weighted by molar-refractivity contribution is 0.0730. The summed E-state index contributed by atoms with van der Waals surface area (Å²) in [6.07, 6.45) is 1.01. The van der Waals surface area contributed by atoms with Gasteiger partial charge in [-0.05, 0) is 42.8 Å². The van der Waals surface area contributed by atoms with Crippen LogP contribution in [0.4, 0.5) is 5.69 Å². The van der Waals surface area contributed by atoms with Crippen LogP contribution in [0.15, 0.2) is 58.4 Å². The summed E-state index contributed by atoms with van der Waals surface area (Å²) in [6.45, 7) is 3.12. The molecular formula is C21H24N4O4S. The fourth-order valence-electron chi connectivity index (χ4n) is 3.39. The molecule has 0 aromatic heterocycles. The number of anilines is 1. The number of rotatable bonds is 5. The minimum absolute atomic E-state index is 0.171. The van der Waals surface area contributed by atoms with Crippen LogP contribution in [-0.4, -0.2) is 63.9 Å². The maximum atomic E-state index is 12.7. The number of hydrogen-bond acceptors (Lipinski definition) is 6. The Morgan fingerprint density at radius 2 is 1.87 bits per heavy atom. The van der Waals surface area contributed by atoms with Crippen LogP contribution in [0, 0.1) is 0 Å². The molecular weight excluding hydrogens is 404 g/mol. The monoisotopic (exact) mass is 428 g/mol. The highest BCUT2D eigenvalue weighted by Gasteiger charge is 2.26. The van der Waals surface area contributed by atoms with E-state index >= 15 is 0 Å². The molecule has 2 aromatic carbocycles. The van der Waals surface area contributed by atoms with Gasteiger partial charge in [0.1, 0.15) is 5.84 Å². The topological polar surface area (TPSA) is 100 Å². The second-order valence-corrected chi connectivity index (χ2v) is 9.02. The number of nitrogens with zero attached hydrogens (tertiary/aromatic N) is 2. The first-order valence-electron chi connectivity index (χ1n) is 9.92. The summed E-state index contributed by atoms with van der Waals surface area (Å²) >= 11 is 0. The number of morpholine rings is 1. The van der Waals surface area contributed by atoms with Crippen LogP contribution < -0.4 is 10.6 Å². The standard InChI is InChI=1S/C21H24N4O4S/c26-21(24-18-4-1-3-17(15-18)20-22-9-2-10-23-20)16-5-7-19(8-6-16)30(27,28)25-11-13-29-14-12-25/h1,3-8,15H,2,9-14H2,(H,22,23)(H,24,26). The summed E-state index contributed by atoms with van der Waals surface area (Å²) in [5.74, 6) is 0.524. The van der Waals surface area contributed by atoms with Gasteiger partial charge in [-0.2, -0.15) is 4.31 Å². The predicted molar refractivity (Wildman–Crippen MR) is 114 cm³/mol. The molecule has 2 aliphatic rings. The van der Waals surface area contributed by atoms with Crippen molar-refractivity contribution < 1.29 is 17.9 Å². The van der Waals surface area contributed by atoms with E-state index in [4.69, 9.17) is 4.74 Å². The normalized spacial score (nSPS) is 17.7. The van der Waals surface area contributed by atoms with Gasteiger partial charge in [-0.1, -0.05) is 12.1 Å². The molecule has 1 fully saturated rings. The van der Waals surface area contributed by atoms with Crippen molar-refractivity contribution in [3.63, 3.8) is 0 Å². The van der Waals surface area contributed by atoms with Gasteiger partial charge >= 0.3 is 0 Å². The Balaban J connectivity index is 1.46. The third-order valence-electron chi connectivity index (χ3n) is 5.02. The molecule has 4 rings (SSSR count). The fraction of sp³-hybridized carbons (Fsp3) is 0.333. The molecule has 1 amide bonds. The number of amides is 1. The Bertz CT molecular complexity index is 1040. The molecule has 0 unspecified atom stereocenters. The van der Waals surface area contributed by atoms with Crippen LogP contribution in [0.5, 0.6) is 0 Å². The van der Waals surface area contributed by atoms with E-state index in [1.54, 1.807) is 0 Å². The molecule has 2 N–H and O–H groups in total. The molecule has 158 valence electrons. The summed E-state index contributed by atoms with van der Waals surface area (Å²) in [7, 11) is -3.58. The smallest absolute Gasteiger partial charge is 0.255 e. The van der Waals surface area contributed by atoms with E-state index in [-0.39, 0.29) is 10.8 Å². The van der Waals surface area contributed by atoms with Gasteiger partial charge in [-0.25, -0.2) is 8.42 Å². The van der Waals surface area contributed by atoms with Gasteiger partial charge in [-0.3, -0.25) is 9.79 Å². The van der Waals surface area contributed by atoms with Crippen molar-refractivity contribution in [3.8, 4) is 0 Å². The Morgan fingerprint density at radius 1 is 1.10 bits per heavy atom. The molecule has 0 saturated carbocycles. The third kappa shape index (κ3) is 4.53. The van der Waals surface area contributed by atoms with Gasteiger partial charge in [0.2, 0.25) is 10.0 Å².